The minimum absolute atomic E-state index is 0.149. The van der Waals surface area contributed by atoms with E-state index in [4.69, 9.17) is 6.42 Å². The van der Waals surface area contributed by atoms with Crippen molar-refractivity contribution in [1.29, 1.82) is 0 Å². The number of nitrogens with one attached hydrogen (secondary N) is 2. The number of nitrogens with zero attached hydrogens (tertiary/aromatic N) is 1. The van der Waals surface area contributed by atoms with Crippen molar-refractivity contribution < 1.29 is 26.9 Å². The average molecular weight is 358 g/mol. The molecule has 9 heteroatoms. The SMILES string of the molecule is C#CCNC(=O)C[NH+]1CCN(S(=O)(=O)c2ccc(F)cc2F)CC1. The molecular formula is C15H18F2N3O3S+. The van der Waals surface area contributed by atoms with Crippen molar-refractivity contribution in [1.82, 2.24) is 9.62 Å². The molecular weight excluding hydrogens is 340 g/mol. The van der Waals surface area contributed by atoms with Crippen LogP contribution in [0.3, 0.4) is 0 Å². The Morgan fingerprint density at radius 1 is 1.33 bits per heavy atom. The van der Waals surface area contributed by atoms with Gasteiger partial charge in [-0.2, -0.15) is 4.31 Å². The summed E-state index contributed by atoms with van der Waals surface area (Å²) in [5.74, 6) is 0.147. The van der Waals surface area contributed by atoms with Gasteiger partial charge in [0.05, 0.1) is 32.7 Å². The first kappa shape index (κ1) is 18.3. The molecule has 6 nitrogen and oxygen atoms in total. The van der Waals surface area contributed by atoms with Crippen molar-refractivity contribution >= 4 is 15.9 Å². The van der Waals surface area contributed by atoms with Crippen molar-refractivity contribution in [3.05, 3.63) is 29.8 Å². The molecule has 1 aromatic rings. The second kappa shape index (κ2) is 7.70. The summed E-state index contributed by atoms with van der Waals surface area (Å²) in [7, 11) is -4.02. The Morgan fingerprint density at radius 3 is 2.58 bits per heavy atom. The summed E-state index contributed by atoms with van der Waals surface area (Å²) in [5, 5.41) is 2.55. The first-order chi connectivity index (χ1) is 11.3. The number of carbonyl (C=O) groups is 1. The third-order valence-corrected chi connectivity index (χ3v) is 5.67. The van der Waals surface area contributed by atoms with Crippen molar-refractivity contribution in [2.24, 2.45) is 0 Å². The molecule has 1 aliphatic rings. The zero-order chi connectivity index (χ0) is 17.7. The topological polar surface area (TPSA) is 70.9 Å². The van der Waals surface area contributed by atoms with Crippen molar-refractivity contribution in [3.63, 3.8) is 0 Å². The van der Waals surface area contributed by atoms with Gasteiger partial charge in [0, 0.05) is 6.07 Å². The molecule has 0 radical (unpaired) electrons. The zero-order valence-electron chi connectivity index (χ0n) is 12.9. The molecule has 0 aliphatic carbocycles. The highest BCUT2D eigenvalue weighted by atomic mass is 32.2. The molecule has 1 aliphatic heterocycles. The maximum absolute atomic E-state index is 13.7. The van der Waals surface area contributed by atoms with Crippen LogP contribution in [-0.2, 0) is 14.8 Å². The molecule has 1 aromatic carbocycles. The molecule has 0 unspecified atom stereocenters. The molecule has 1 heterocycles. The summed E-state index contributed by atoms with van der Waals surface area (Å²) in [6.45, 7) is 1.46. The molecule has 0 saturated carbocycles. The summed E-state index contributed by atoms with van der Waals surface area (Å²) < 4.78 is 52.7. The number of halogens is 2. The normalized spacial score (nSPS) is 16.5. The van der Waals surface area contributed by atoms with Crippen LogP contribution in [-0.4, -0.2) is 57.9 Å². The second-order valence-electron chi connectivity index (χ2n) is 5.39. The van der Waals surface area contributed by atoms with E-state index < -0.39 is 26.6 Å². The molecule has 0 bridgehead atoms. The predicted molar refractivity (Wildman–Crippen MR) is 82.5 cm³/mol. The number of quaternary nitrogens is 1. The molecule has 24 heavy (non-hydrogen) atoms. The van der Waals surface area contributed by atoms with Gasteiger partial charge in [0.25, 0.3) is 5.91 Å². The van der Waals surface area contributed by atoms with E-state index in [9.17, 15) is 22.0 Å². The quantitative estimate of drug-likeness (QED) is 0.637. The van der Waals surface area contributed by atoms with E-state index in [1.165, 1.54) is 0 Å². The van der Waals surface area contributed by atoms with E-state index in [2.05, 4.69) is 11.2 Å². The van der Waals surface area contributed by atoms with Crippen LogP contribution < -0.4 is 10.2 Å². The zero-order valence-corrected chi connectivity index (χ0v) is 13.7. The minimum Gasteiger partial charge on any atom is -0.340 e. The number of terminal acetylenes is 1. The van der Waals surface area contributed by atoms with E-state index in [0.29, 0.717) is 19.2 Å². The van der Waals surface area contributed by atoms with Crippen LogP contribution in [0, 0.1) is 24.0 Å². The smallest absolute Gasteiger partial charge is 0.275 e. The number of amides is 1. The Hall–Kier alpha value is -2.02. The summed E-state index contributed by atoms with van der Waals surface area (Å²) in [6, 6.07) is 2.38. The Morgan fingerprint density at radius 2 is 2.00 bits per heavy atom. The fourth-order valence-corrected chi connectivity index (χ4v) is 3.97. The molecule has 2 rings (SSSR count). The fourth-order valence-electron chi connectivity index (χ4n) is 2.48. The largest absolute Gasteiger partial charge is 0.340 e. The third kappa shape index (κ3) is 4.29. The van der Waals surface area contributed by atoms with Crippen LogP contribution >= 0.6 is 0 Å². The number of piperazine rings is 1. The lowest BCUT2D eigenvalue weighted by atomic mass is 10.3. The van der Waals surface area contributed by atoms with Crippen molar-refractivity contribution in [2.45, 2.75) is 4.90 Å². The van der Waals surface area contributed by atoms with Gasteiger partial charge in [-0.05, 0) is 12.1 Å². The standard InChI is InChI=1S/C15H17F2N3O3S/c1-2-5-18-15(21)11-19-6-8-20(9-7-19)24(22,23)14-4-3-12(16)10-13(14)17/h1,3-4,10H,5-9,11H2,(H,18,21)/p+1. The summed E-state index contributed by atoms with van der Waals surface area (Å²) in [4.78, 5) is 12.0. The maximum Gasteiger partial charge on any atom is 0.275 e. The number of rotatable bonds is 5. The Balaban J connectivity index is 1.98. The monoisotopic (exact) mass is 358 g/mol. The molecule has 1 fully saturated rings. The number of carbonyl (C=O) groups excluding carboxylic acids is 1. The third-order valence-electron chi connectivity index (χ3n) is 3.74. The lowest BCUT2D eigenvalue weighted by molar-refractivity contribution is -0.895. The second-order valence-corrected chi connectivity index (χ2v) is 7.29. The number of sulfonamides is 1. The van der Waals surface area contributed by atoms with E-state index in [-0.39, 0.29) is 32.1 Å². The predicted octanol–water partition coefficient (Wildman–Crippen LogP) is -1.40. The highest BCUT2D eigenvalue weighted by Gasteiger charge is 2.32. The summed E-state index contributed by atoms with van der Waals surface area (Å²) in [5.41, 5.74) is 0. The maximum atomic E-state index is 13.7. The summed E-state index contributed by atoms with van der Waals surface area (Å²) in [6.07, 6.45) is 5.05. The number of hydrogen-bond acceptors (Lipinski definition) is 3. The molecule has 1 saturated heterocycles. The lowest BCUT2D eigenvalue weighted by Gasteiger charge is -2.31. The van der Waals surface area contributed by atoms with Gasteiger partial charge >= 0.3 is 0 Å². The number of benzene rings is 1. The fraction of sp³-hybridized carbons (Fsp3) is 0.400. The van der Waals surface area contributed by atoms with Gasteiger partial charge in [-0.3, -0.25) is 4.79 Å². The van der Waals surface area contributed by atoms with Gasteiger partial charge in [0.15, 0.2) is 6.54 Å². The highest BCUT2D eigenvalue weighted by Crippen LogP contribution is 2.20. The van der Waals surface area contributed by atoms with Gasteiger partial charge in [-0.15, -0.1) is 6.42 Å². The first-order valence-corrected chi connectivity index (χ1v) is 8.77. The Bertz CT molecular complexity index is 754. The van der Waals surface area contributed by atoms with Crippen LogP contribution in [0.25, 0.3) is 0 Å². The van der Waals surface area contributed by atoms with Crippen LogP contribution in [0.1, 0.15) is 0 Å². The Labute approximate surface area is 139 Å². The van der Waals surface area contributed by atoms with Crippen LogP contribution in [0.2, 0.25) is 0 Å². The summed E-state index contributed by atoms with van der Waals surface area (Å²) >= 11 is 0. The lowest BCUT2D eigenvalue weighted by Crippen LogP contribution is -3.15. The average Bonchev–Trinajstić information content (AvgIpc) is 2.53. The molecule has 0 spiro atoms. The number of hydrogen-bond donors (Lipinski definition) is 2. The van der Waals surface area contributed by atoms with Gasteiger partial charge in [0.2, 0.25) is 10.0 Å². The van der Waals surface area contributed by atoms with E-state index >= 15 is 0 Å². The van der Waals surface area contributed by atoms with Crippen molar-refractivity contribution in [2.75, 3.05) is 39.3 Å². The van der Waals surface area contributed by atoms with Crippen LogP contribution in [0.4, 0.5) is 8.78 Å². The molecule has 0 aromatic heterocycles. The molecule has 1 amide bonds. The molecule has 2 N–H and O–H groups in total. The van der Waals surface area contributed by atoms with Crippen LogP contribution in [0.15, 0.2) is 23.1 Å². The minimum atomic E-state index is -4.02. The van der Waals surface area contributed by atoms with E-state index in [0.717, 1.165) is 21.3 Å². The van der Waals surface area contributed by atoms with Gasteiger partial charge in [-0.25, -0.2) is 17.2 Å². The highest BCUT2D eigenvalue weighted by molar-refractivity contribution is 7.89. The Kier molecular flexibility index (Phi) is 5.88. The molecule has 130 valence electrons. The van der Waals surface area contributed by atoms with Gasteiger partial charge < -0.3 is 10.2 Å². The first-order valence-electron chi connectivity index (χ1n) is 7.33. The van der Waals surface area contributed by atoms with Crippen LogP contribution in [0.5, 0.6) is 0 Å². The van der Waals surface area contributed by atoms with Gasteiger partial charge in [-0.1, -0.05) is 5.92 Å². The van der Waals surface area contributed by atoms with Crippen molar-refractivity contribution in [3.8, 4) is 12.3 Å². The molecule has 0 atom stereocenters. The van der Waals surface area contributed by atoms with Gasteiger partial charge in [0.1, 0.15) is 16.5 Å². The van der Waals surface area contributed by atoms with E-state index in [1.807, 2.05) is 0 Å². The van der Waals surface area contributed by atoms with E-state index in [1.54, 1.807) is 0 Å².